The molecule has 8 heteroatoms. The summed E-state index contributed by atoms with van der Waals surface area (Å²) in [5.41, 5.74) is 3.62. The van der Waals surface area contributed by atoms with Gasteiger partial charge in [0.1, 0.15) is 17.9 Å². The predicted molar refractivity (Wildman–Crippen MR) is 139 cm³/mol. The molecule has 0 bridgehead atoms. The van der Waals surface area contributed by atoms with Crippen LogP contribution in [0.1, 0.15) is 19.8 Å². The van der Waals surface area contributed by atoms with Crippen molar-refractivity contribution >= 4 is 28.5 Å². The number of carbonyl (C=O) groups is 1. The molecule has 2 aromatic carbocycles. The van der Waals surface area contributed by atoms with E-state index in [-0.39, 0.29) is 12.5 Å². The Morgan fingerprint density at radius 1 is 0.971 bits per heavy atom. The minimum Gasteiger partial charge on any atom is -0.341 e. The van der Waals surface area contributed by atoms with Crippen molar-refractivity contribution in [3.05, 3.63) is 65.7 Å². The van der Waals surface area contributed by atoms with Crippen molar-refractivity contribution in [1.82, 2.24) is 29.8 Å². The summed E-state index contributed by atoms with van der Waals surface area (Å²) in [4.78, 5) is 17.5. The van der Waals surface area contributed by atoms with E-state index in [9.17, 15) is 4.79 Å². The molecule has 0 saturated carbocycles. The number of hydrogen-bond donors (Lipinski definition) is 0. The van der Waals surface area contributed by atoms with E-state index in [0.29, 0.717) is 33.5 Å². The highest BCUT2D eigenvalue weighted by atomic mass is 35.5. The molecule has 5 rings (SSSR count). The van der Waals surface area contributed by atoms with Gasteiger partial charge in [-0.3, -0.25) is 4.79 Å². The van der Waals surface area contributed by atoms with E-state index in [0.717, 1.165) is 43.6 Å². The first kappa shape index (κ1) is 23.5. The van der Waals surface area contributed by atoms with Gasteiger partial charge in [-0.25, -0.2) is 4.68 Å². The molecule has 4 aromatic rings. The van der Waals surface area contributed by atoms with E-state index in [1.54, 1.807) is 4.68 Å². The summed E-state index contributed by atoms with van der Waals surface area (Å²) in [5.74, 6) is 0.0386. The molecule has 180 valence electrons. The summed E-state index contributed by atoms with van der Waals surface area (Å²) < 4.78 is 1.65. The summed E-state index contributed by atoms with van der Waals surface area (Å²) in [7, 11) is 2.15. The molecule has 1 aliphatic rings. The maximum atomic E-state index is 13.2. The second-order valence-electron chi connectivity index (χ2n) is 8.98. The van der Waals surface area contributed by atoms with Crippen LogP contribution in [0.15, 0.2) is 60.7 Å². The Labute approximate surface area is 210 Å². The molecular weight excluding hydrogens is 460 g/mol. The molecule has 1 aliphatic heterocycles. The number of amides is 1. The van der Waals surface area contributed by atoms with Gasteiger partial charge >= 0.3 is 0 Å². The first-order chi connectivity index (χ1) is 17.1. The number of hydrogen-bond acceptors (Lipinski definition) is 5. The molecular formula is C27H29ClN6O. The second kappa shape index (κ2) is 10.1. The molecule has 0 spiro atoms. The zero-order chi connectivity index (χ0) is 24.4. The minimum absolute atomic E-state index is 0.0386. The average Bonchev–Trinajstić information content (AvgIpc) is 3.28. The zero-order valence-electron chi connectivity index (χ0n) is 20.1. The van der Waals surface area contributed by atoms with Crippen LogP contribution in [0.25, 0.3) is 33.5 Å². The number of rotatable bonds is 6. The Morgan fingerprint density at radius 2 is 1.57 bits per heavy atom. The van der Waals surface area contributed by atoms with E-state index >= 15 is 0 Å². The van der Waals surface area contributed by atoms with Crippen molar-refractivity contribution in [2.24, 2.45) is 0 Å². The third-order valence-corrected chi connectivity index (χ3v) is 7.28. The van der Waals surface area contributed by atoms with Crippen molar-refractivity contribution in [2.45, 2.75) is 32.4 Å². The van der Waals surface area contributed by atoms with Crippen molar-refractivity contribution in [3.8, 4) is 22.5 Å². The summed E-state index contributed by atoms with van der Waals surface area (Å²) in [6, 6.07) is 20.1. The minimum atomic E-state index is 0.0386. The van der Waals surface area contributed by atoms with E-state index in [1.807, 2.05) is 65.6 Å². The fourth-order valence-corrected chi connectivity index (χ4v) is 5.07. The molecule has 7 nitrogen and oxygen atoms in total. The number of piperidine rings is 1. The van der Waals surface area contributed by atoms with Gasteiger partial charge < -0.3 is 9.80 Å². The maximum absolute atomic E-state index is 13.2. The molecule has 0 unspecified atom stereocenters. The Morgan fingerprint density at radius 3 is 2.17 bits per heavy atom. The summed E-state index contributed by atoms with van der Waals surface area (Å²) in [6.07, 6.45) is 1.97. The first-order valence-electron chi connectivity index (χ1n) is 12.1. The number of carbonyl (C=O) groups excluding carboxylic acids is 1. The lowest BCUT2D eigenvalue weighted by Crippen LogP contribution is -2.46. The third-order valence-electron chi connectivity index (χ3n) is 6.92. The van der Waals surface area contributed by atoms with Crippen LogP contribution in [0, 0.1) is 0 Å². The zero-order valence-corrected chi connectivity index (χ0v) is 20.8. The molecule has 1 saturated heterocycles. The van der Waals surface area contributed by atoms with Crippen LogP contribution < -0.4 is 0 Å². The SMILES string of the molecule is CCN(C)C1CCN(C(=O)Cn2nc(-c3ccccc3)c3c(Cl)c(-c4ccccc4)nnc32)CC1. The average molecular weight is 489 g/mol. The highest BCUT2D eigenvalue weighted by Gasteiger charge is 2.27. The molecule has 0 aliphatic carbocycles. The van der Waals surface area contributed by atoms with Gasteiger partial charge in [-0.05, 0) is 26.4 Å². The van der Waals surface area contributed by atoms with E-state index in [2.05, 4.69) is 29.1 Å². The number of halogens is 1. The number of nitrogens with zero attached hydrogens (tertiary/aromatic N) is 6. The standard InChI is InChI=1S/C27H29ClN6O/c1-3-32(2)21-14-16-33(17-15-21)22(35)18-34-27-23(25(31-34)19-10-6-4-7-11-19)24(28)26(29-30-27)20-12-8-5-9-13-20/h4-13,21H,3,14-18H2,1-2H3. The van der Waals surface area contributed by atoms with Gasteiger partial charge in [-0.15, -0.1) is 10.2 Å². The topological polar surface area (TPSA) is 67.2 Å². The van der Waals surface area contributed by atoms with Crippen LogP contribution in [-0.4, -0.2) is 68.4 Å². The quantitative estimate of drug-likeness (QED) is 0.391. The monoisotopic (exact) mass is 488 g/mol. The van der Waals surface area contributed by atoms with Crippen molar-refractivity contribution in [3.63, 3.8) is 0 Å². The van der Waals surface area contributed by atoms with Gasteiger partial charge in [0.15, 0.2) is 5.65 Å². The smallest absolute Gasteiger partial charge is 0.244 e. The molecule has 2 aromatic heterocycles. The highest BCUT2D eigenvalue weighted by Crippen LogP contribution is 2.37. The van der Waals surface area contributed by atoms with Gasteiger partial charge in [0.25, 0.3) is 0 Å². The molecule has 0 radical (unpaired) electrons. The van der Waals surface area contributed by atoms with Gasteiger partial charge in [-0.1, -0.05) is 79.2 Å². The maximum Gasteiger partial charge on any atom is 0.244 e. The van der Waals surface area contributed by atoms with Gasteiger partial charge in [0, 0.05) is 30.3 Å². The number of fused-ring (bicyclic) bond motifs is 1. The lowest BCUT2D eigenvalue weighted by Gasteiger charge is -2.36. The second-order valence-corrected chi connectivity index (χ2v) is 9.36. The van der Waals surface area contributed by atoms with E-state index in [4.69, 9.17) is 16.7 Å². The van der Waals surface area contributed by atoms with Crippen molar-refractivity contribution < 1.29 is 4.79 Å². The van der Waals surface area contributed by atoms with Crippen LogP contribution in [0.3, 0.4) is 0 Å². The Balaban J connectivity index is 1.49. The van der Waals surface area contributed by atoms with E-state index in [1.165, 1.54) is 0 Å². The predicted octanol–water partition coefficient (Wildman–Crippen LogP) is 4.76. The fourth-order valence-electron chi connectivity index (χ4n) is 4.75. The summed E-state index contributed by atoms with van der Waals surface area (Å²) in [6.45, 7) is 4.80. The molecule has 1 fully saturated rings. The van der Waals surface area contributed by atoms with Gasteiger partial charge in [0.05, 0.1) is 10.4 Å². The van der Waals surface area contributed by atoms with Crippen LogP contribution in [-0.2, 0) is 11.3 Å². The van der Waals surface area contributed by atoms with Gasteiger partial charge in [-0.2, -0.15) is 5.10 Å². The van der Waals surface area contributed by atoms with Gasteiger partial charge in [0.2, 0.25) is 5.91 Å². The van der Waals surface area contributed by atoms with Crippen LogP contribution in [0.2, 0.25) is 5.02 Å². The lowest BCUT2D eigenvalue weighted by atomic mass is 10.0. The third kappa shape index (κ3) is 4.66. The van der Waals surface area contributed by atoms with Crippen molar-refractivity contribution in [2.75, 3.05) is 26.7 Å². The van der Waals surface area contributed by atoms with Crippen LogP contribution in [0.5, 0.6) is 0 Å². The summed E-state index contributed by atoms with van der Waals surface area (Å²) >= 11 is 6.93. The first-order valence-corrected chi connectivity index (χ1v) is 12.5. The largest absolute Gasteiger partial charge is 0.341 e. The highest BCUT2D eigenvalue weighted by molar-refractivity contribution is 6.38. The molecule has 35 heavy (non-hydrogen) atoms. The molecule has 3 heterocycles. The Kier molecular flexibility index (Phi) is 6.79. The van der Waals surface area contributed by atoms with E-state index < -0.39 is 0 Å². The summed E-state index contributed by atoms with van der Waals surface area (Å²) in [5, 5.41) is 14.9. The fraction of sp³-hybridized carbons (Fsp3) is 0.333. The molecule has 0 N–H and O–H groups in total. The lowest BCUT2D eigenvalue weighted by molar-refractivity contribution is -0.133. The molecule has 0 atom stereocenters. The van der Waals surface area contributed by atoms with Crippen LogP contribution in [0.4, 0.5) is 0 Å². The Bertz CT molecular complexity index is 1320. The normalized spacial score (nSPS) is 14.7. The van der Waals surface area contributed by atoms with Crippen molar-refractivity contribution in [1.29, 1.82) is 0 Å². The Hall–Kier alpha value is -3.29. The number of benzene rings is 2. The van der Waals surface area contributed by atoms with Crippen LogP contribution >= 0.6 is 11.6 Å². The number of aromatic nitrogens is 4. The molecule has 1 amide bonds. The number of likely N-dealkylation sites (tertiary alicyclic amines) is 1.